The van der Waals surface area contributed by atoms with E-state index in [1.54, 1.807) is 7.05 Å². The zero-order chi connectivity index (χ0) is 15.0. The van der Waals surface area contributed by atoms with Gasteiger partial charge in [-0.25, -0.2) is 0 Å². The third kappa shape index (κ3) is 5.72. The van der Waals surface area contributed by atoms with Crippen molar-refractivity contribution in [1.82, 2.24) is 10.6 Å². The molecule has 0 aromatic heterocycles. The Balaban J connectivity index is 2.40. The van der Waals surface area contributed by atoms with Crippen molar-refractivity contribution < 1.29 is 9.90 Å². The van der Waals surface area contributed by atoms with Gasteiger partial charge in [0.15, 0.2) is 0 Å². The van der Waals surface area contributed by atoms with E-state index in [1.807, 2.05) is 24.3 Å². The van der Waals surface area contributed by atoms with Crippen molar-refractivity contribution in [2.45, 2.75) is 33.2 Å². The first-order valence-electron chi connectivity index (χ1n) is 7.11. The van der Waals surface area contributed by atoms with E-state index in [2.05, 4.69) is 24.5 Å². The molecule has 1 rings (SSSR count). The van der Waals surface area contributed by atoms with Gasteiger partial charge in [-0.15, -0.1) is 0 Å². The van der Waals surface area contributed by atoms with Crippen LogP contribution in [0, 0.1) is 5.41 Å². The Labute approximate surface area is 121 Å². The Morgan fingerprint density at radius 1 is 1.25 bits per heavy atom. The predicted molar refractivity (Wildman–Crippen MR) is 81.6 cm³/mol. The van der Waals surface area contributed by atoms with Gasteiger partial charge in [0.2, 0.25) is 0 Å². The first-order chi connectivity index (χ1) is 9.48. The highest BCUT2D eigenvalue weighted by Crippen LogP contribution is 2.20. The number of carbonyl (C=O) groups is 1. The van der Waals surface area contributed by atoms with E-state index in [-0.39, 0.29) is 17.9 Å². The van der Waals surface area contributed by atoms with Crippen LogP contribution in [0.1, 0.15) is 42.6 Å². The SMILES string of the molecule is CNC(=O)c1ccc(CNCC(C)(C)CCCO)cc1. The minimum atomic E-state index is -0.0605. The maximum atomic E-state index is 11.4. The van der Waals surface area contributed by atoms with Crippen LogP contribution in [0.15, 0.2) is 24.3 Å². The molecule has 0 unspecified atom stereocenters. The molecule has 4 heteroatoms. The van der Waals surface area contributed by atoms with Gasteiger partial charge in [-0.1, -0.05) is 26.0 Å². The molecule has 0 aliphatic rings. The molecular formula is C16H26N2O2. The molecule has 0 saturated heterocycles. The molecule has 20 heavy (non-hydrogen) atoms. The van der Waals surface area contributed by atoms with E-state index in [1.165, 1.54) is 0 Å². The van der Waals surface area contributed by atoms with E-state index < -0.39 is 0 Å². The molecule has 0 radical (unpaired) electrons. The van der Waals surface area contributed by atoms with Crippen molar-refractivity contribution in [3.8, 4) is 0 Å². The highest BCUT2D eigenvalue weighted by atomic mass is 16.2. The Kier molecular flexibility index (Phi) is 6.68. The highest BCUT2D eigenvalue weighted by molar-refractivity contribution is 5.93. The highest BCUT2D eigenvalue weighted by Gasteiger charge is 2.16. The van der Waals surface area contributed by atoms with Crippen molar-refractivity contribution in [2.75, 3.05) is 20.2 Å². The van der Waals surface area contributed by atoms with Crippen LogP contribution >= 0.6 is 0 Å². The van der Waals surface area contributed by atoms with Crippen LogP contribution in [0.3, 0.4) is 0 Å². The lowest BCUT2D eigenvalue weighted by Crippen LogP contribution is -2.29. The molecule has 0 atom stereocenters. The number of amides is 1. The molecule has 1 aromatic carbocycles. The van der Waals surface area contributed by atoms with E-state index in [4.69, 9.17) is 5.11 Å². The van der Waals surface area contributed by atoms with Gasteiger partial charge in [0.1, 0.15) is 0 Å². The molecule has 112 valence electrons. The second kappa shape index (κ2) is 8.02. The summed E-state index contributed by atoms with van der Waals surface area (Å²) in [4.78, 5) is 11.4. The molecule has 0 saturated carbocycles. The molecule has 1 amide bonds. The zero-order valence-corrected chi connectivity index (χ0v) is 12.7. The van der Waals surface area contributed by atoms with Crippen molar-refractivity contribution in [3.63, 3.8) is 0 Å². The van der Waals surface area contributed by atoms with Gasteiger partial charge < -0.3 is 15.7 Å². The molecule has 0 aliphatic heterocycles. The van der Waals surface area contributed by atoms with Gasteiger partial charge in [0, 0.05) is 32.3 Å². The lowest BCUT2D eigenvalue weighted by Gasteiger charge is -2.24. The summed E-state index contributed by atoms with van der Waals surface area (Å²) in [7, 11) is 1.63. The average Bonchev–Trinajstić information content (AvgIpc) is 2.45. The fraction of sp³-hybridized carbons (Fsp3) is 0.562. The molecule has 0 spiro atoms. The quantitative estimate of drug-likeness (QED) is 0.681. The monoisotopic (exact) mass is 278 g/mol. The number of aliphatic hydroxyl groups excluding tert-OH is 1. The lowest BCUT2D eigenvalue weighted by molar-refractivity contribution is 0.0963. The fourth-order valence-corrected chi connectivity index (χ4v) is 2.11. The molecule has 0 aliphatic carbocycles. The van der Waals surface area contributed by atoms with Gasteiger partial charge in [-0.05, 0) is 36.0 Å². The molecule has 0 fully saturated rings. The lowest BCUT2D eigenvalue weighted by atomic mass is 9.88. The maximum absolute atomic E-state index is 11.4. The van der Waals surface area contributed by atoms with Crippen molar-refractivity contribution in [1.29, 1.82) is 0 Å². The number of carbonyl (C=O) groups excluding carboxylic acids is 1. The molecule has 0 heterocycles. The largest absolute Gasteiger partial charge is 0.396 e. The first-order valence-corrected chi connectivity index (χ1v) is 7.11. The minimum Gasteiger partial charge on any atom is -0.396 e. The Bertz CT molecular complexity index is 413. The van der Waals surface area contributed by atoms with Crippen molar-refractivity contribution in [2.24, 2.45) is 5.41 Å². The molecule has 0 bridgehead atoms. The second-order valence-corrected chi connectivity index (χ2v) is 5.87. The van der Waals surface area contributed by atoms with Crippen LogP contribution in [-0.4, -0.2) is 31.2 Å². The van der Waals surface area contributed by atoms with Gasteiger partial charge in [0.25, 0.3) is 5.91 Å². The standard InChI is InChI=1S/C16H26N2O2/c1-16(2,9-4-10-19)12-18-11-13-5-7-14(8-6-13)15(20)17-3/h5-8,18-19H,4,9-12H2,1-3H3,(H,17,20). The van der Waals surface area contributed by atoms with Crippen molar-refractivity contribution in [3.05, 3.63) is 35.4 Å². The summed E-state index contributed by atoms with van der Waals surface area (Å²) in [5.41, 5.74) is 2.03. The van der Waals surface area contributed by atoms with Gasteiger partial charge >= 0.3 is 0 Å². The third-order valence-corrected chi connectivity index (χ3v) is 3.39. The number of aliphatic hydroxyl groups is 1. The maximum Gasteiger partial charge on any atom is 0.251 e. The molecular weight excluding hydrogens is 252 g/mol. The van der Waals surface area contributed by atoms with Gasteiger partial charge in [-0.3, -0.25) is 4.79 Å². The topological polar surface area (TPSA) is 61.4 Å². The van der Waals surface area contributed by atoms with Crippen LogP contribution in [0.25, 0.3) is 0 Å². The molecule has 1 aromatic rings. The summed E-state index contributed by atoms with van der Waals surface area (Å²) in [6, 6.07) is 7.62. The Hall–Kier alpha value is -1.39. The van der Waals surface area contributed by atoms with E-state index in [9.17, 15) is 4.79 Å². The van der Waals surface area contributed by atoms with E-state index >= 15 is 0 Å². The van der Waals surface area contributed by atoms with Crippen LogP contribution in [0.4, 0.5) is 0 Å². The summed E-state index contributed by atoms with van der Waals surface area (Å²) in [5, 5.41) is 14.9. The van der Waals surface area contributed by atoms with Gasteiger partial charge in [0.05, 0.1) is 0 Å². The summed E-state index contributed by atoms with van der Waals surface area (Å²) < 4.78 is 0. The number of benzene rings is 1. The minimum absolute atomic E-state index is 0.0605. The number of hydrogen-bond donors (Lipinski definition) is 3. The number of hydrogen-bond acceptors (Lipinski definition) is 3. The summed E-state index contributed by atoms with van der Waals surface area (Å²) in [6.07, 6.45) is 1.85. The first kappa shape index (κ1) is 16.7. The second-order valence-electron chi connectivity index (χ2n) is 5.87. The van der Waals surface area contributed by atoms with Crippen LogP contribution in [0.2, 0.25) is 0 Å². The third-order valence-electron chi connectivity index (χ3n) is 3.39. The average molecular weight is 278 g/mol. The molecule has 3 N–H and O–H groups in total. The number of rotatable bonds is 8. The van der Waals surface area contributed by atoms with E-state index in [0.717, 1.165) is 31.5 Å². The predicted octanol–water partition coefficient (Wildman–Crippen LogP) is 1.93. The summed E-state index contributed by atoms with van der Waals surface area (Å²) >= 11 is 0. The smallest absolute Gasteiger partial charge is 0.251 e. The van der Waals surface area contributed by atoms with Gasteiger partial charge in [-0.2, -0.15) is 0 Å². The van der Waals surface area contributed by atoms with E-state index in [0.29, 0.717) is 5.56 Å². The van der Waals surface area contributed by atoms with Crippen molar-refractivity contribution >= 4 is 5.91 Å². The van der Waals surface area contributed by atoms with Crippen LogP contribution in [-0.2, 0) is 6.54 Å². The summed E-state index contributed by atoms with van der Waals surface area (Å²) in [6.45, 7) is 6.35. The Morgan fingerprint density at radius 2 is 1.90 bits per heavy atom. The fourth-order valence-electron chi connectivity index (χ4n) is 2.11. The zero-order valence-electron chi connectivity index (χ0n) is 12.7. The molecule has 4 nitrogen and oxygen atoms in total. The normalized spacial score (nSPS) is 11.4. The van der Waals surface area contributed by atoms with Crippen LogP contribution in [0.5, 0.6) is 0 Å². The number of nitrogens with one attached hydrogen (secondary N) is 2. The van der Waals surface area contributed by atoms with Crippen LogP contribution < -0.4 is 10.6 Å². The summed E-state index contributed by atoms with van der Waals surface area (Å²) in [5.74, 6) is -0.0605. The Morgan fingerprint density at radius 3 is 2.45 bits per heavy atom.